The van der Waals surface area contributed by atoms with Crippen LogP contribution in [0.4, 0.5) is 5.69 Å². The number of aromatic nitrogens is 2. The van der Waals surface area contributed by atoms with Crippen LogP contribution in [0, 0.1) is 0 Å². The molecular weight excluding hydrogens is 282 g/mol. The Labute approximate surface area is 128 Å². The van der Waals surface area contributed by atoms with Gasteiger partial charge in [0.25, 0.3) is 5.91 Å². The highest BCUT2D eigenvalue weighted by molar-refractivity contribution is 5.96. The number of fused-ring (bicyclic) bond motifs is 1. The summed E-state index contributed by atoms with van der Waals surface area (Å²) in [6.45, 7) is 1.47. The Bertz CT molecular complexity index is 685. The zero-order valence-corrected chi connectivity index (χ0v) is 12.3. The van der Waals surface area contributed by atoms with Crippen molar-refractivity contribution in [1.82, 2.24) is 9.97 Å². The Morgan fingerprint density at radius 3 is 2.86 bits per heavy atom. The van der Waals surface area contributed by atoms with Crippen LogP contribution in [0.25, 0.3) is 11.0 Å². The number of aromatic amines is 1. The lowest BCUT2D eigenvalue weighted by Crippen LogP contribution is -2.26. The first-order chi connectivity index (χ1) is 10.8. The predicted molar refractivity (Wildman–Crippen MR) is 81.6 cm³/mol. The highest BCUT2D eigenvalue weighted by Crippen LogP contribution is 2.28. The summed E-state index contributed by atoms with van der Waals surface area (Å²) in [6, 6.07) is 5.69. The summed E-state index contributed by atoms with van der Waals surface area (Å²) in [5.74, 6) is 0.797. The van der Waals surface area contributed by atoms with Crippen molar-refractivity contribution in [3.05, 3.63) is 24.0 Å². The lowest BCUT2D eigenvalue weighted by molar-refractivity contribution is -0.124. The third-order valence-electron chi connectivity index (χ3n) is 4.22. The summed E-state index contributed by atoms with van der Waals surface area (Å²) in [5.41, 5.74) is 2.56. The van der Waals surface area contributed by atoms with Gasteiger partial charge in [-0.15, -0.1) is 0 Å². The summed E-state index contributed by atoms with van der Waals surface area (Å²) in [6.07, 6.45) is 3.56. The number of imidazole rings is 1. The molecule has 2 aromatic rings. The summed E-state index contributed by atoms with van der Waals surface area (Å²) in [7, 11) is 0. The number of amides is 1. The third kappa shape index (κ3) is 2.60. The lowest BCUT2D eigenvalue weighted by Gasteiger charge is -2.10. The van der Waals surface area contributed by atoms with Crippen LogP contribution in [-0.4, -0.2) is 35.2 Å². The fraction of sp³-hybridized carbons (Fsp3) is 0.500. The van der Waals surface area contributed by atoms with E-state index in [1.807, 2.05) is 18.2 Å². The molecule has 0 aliphatic carbocycles. The number of hydrogen-bond donors (Lipinski definition) is 2. The number of carbonyl (C=O) groups excluding carboxylic acids is 1. The summed E-state index contributed by atoms with van der Waals surface area (Å²) in [4.78, 5) is 20.0. The molecular formula is C16H19N3O3. The number of ether oxygens (including phenoxy) is 2. The van der Waals surface area contributed by atoms with E-state index in [0.717, 1.165) is 54.8 Å². The highest BCUT2D eigenvalue weighted by Gasteiger charge is 2.24. The van der Waals surface area contributed by atoms with E-state index >= 15 is 0 Å². The van der Waals surface area contributed by atoms with Crippen molar-refractivity contribution in [3.8, 4) is 0 Å². The second-order valence-electron chi connectivity index (χ2n) is 5.85. The molecule has 6 nitrogen and oxygen atoms in total. The van der Waals surface area contributed by atoms with Crippen molar-refractivity contribution < 1.29 is 14.3 Å². The van der Waals surface area contributed by atoms with Crippen LogP contribution in [0.15, 0.2) is 18.2 Å². The third-order valence-corrected chi connectivity index (χ3v) is 4.22. The van der Waals surface area contributed by atoms with Crippen LogP contribution in [0.5, 0.6) is 0 Å². The summed E-state index contributed by atoms with van der Waals surface area (Å²) < 4.78 is 11.0. The van der Waals surface area contributed by atoms with Crippen LogP contribution < -0.4 is 5.32 Å². The first-order valence-corrected chi connectivity index (χ1v) is 7.83. The van der Waals surface area contributed by atoms with Crippen LogP contribution >= 0.6 is 0 Å². The SMILES string of the molecule is O=C(Nc1ccc2nc([C@@H]3CCCO3)[nH]c2c1)[C@H]1CCCO1. The minimum absolute atomic E-state index is 0.0670. The second-order valence-corrected chi connectivity index (χ2v) is 5.85. The standard InChI is InChI=1S/C16H19N3O3/c20-16(14-4-2-8-22-14)17-10-5-6-11-12(9-10)19-15(18-11)13-3-1-7-21-13/h5-6,9,13-14H,1-4,7-8H2,(H,17,20)(H,18,19)/t13-,14+/m0/s1. The molecule has 2 aliphatic rings. The number of anilines is 1. The van der Waals surface area contributed by atoms with E-state index in [0.29, 0.717) is 6.61 Å². The molecule has 0 unspecified atom stereocenters. The normalized spacial score (nSPS) is 24.9. The van der Waals surface area contributed by atoms with Gasteiger partial charge in [-0.1, -0.05) is 0 Å². The van der Waals surface area contributed by atoms with Crippen LogP contribution in [0.2, 0.25) is 0 Å². The second kappa shape index (κ2) is 5.70. The van der Waals surface area contributed by atoms with Gasteiger partial charge in [0, 0.05) is 18.9 Å². The van der Waals surface area contributed by atoms with E-state index < -0.39 is 0 Å². The molecule has 1 amide bonds. The molecule has 0 bridgehead atoms. The van der Waals surface area contributed by atoms with Gasteiger partial charge in [-0.25, -0.2) is 4.98 Å². The van der Waals surface area contributed by atoms with Crippen molar-refractivity contribution >= 4 is 22.6 Å². The van der Waals surface area contributed by atoms with Gasteiger partial charge in [0.1, 0.15) is 18.0 Å². The Morgan fingerprint density at radius 2 is 2.09 bits per heavy atom. The quantitative estimate of drug-likeness (QED) is 0.913. The number of H-pyrrole nitrogens is 1. The molecule has 4 rings (SSSR count). The summed E-state index contributed by atoms with van der Waals surface area (Å²) in [5, 5.41) is 2.91. The molecule has 0 radical (unpaired) electrons. The highest BCUT2D eigenvalue weighted by atomic mass is 16.5. The van der Waals surface area contributed by atoms with Gasteiger partial charge in [-0.3, -0.25) is 4.79 Å². The van der Waals surface area contributed by atoms with Gasteiger partial charge < -0.3 is 19.8 Å². The van der Waals surface area contributed by atoms with Gasteiger partial charge in [-0.2, -0.15) is 0 Å². The van der Waals surface area contributed by atoms with Crippen molar-refractivity contribution in [1.29, 1.82) is 0 Å². The van der Waals surface area contributed by atoms with E-state index in [9.17, 15) is 4.79 Å². The molecule has 2 atom stereocenters. The van der Waals surface area contributed by atoms with Gasteiger partial charge >= 0.3 is 0 Å². The first-order valence-electron chi connectivity index (χ1n) is 7.83. The van der Waals surface area contributed by atoms with Gasteiger partial charge in [0.05, 0.1) is 11.0 Å². The molecule has 0 spiro atoms. The van der Waals surface area contributed by atoms with Gasteiger partial charge in [0.2, 0.25) is 0 Å². The maximum Gasteiger partial charge on any atom is 0.253 e. The van der Waals surface area contributed by atoms with E-state index in [4.69, 9.17) is 9.47 Å². The smallest absolute Gasteiger partial charge is 0.253 e. The van der Waals surface area contributed by atoms with E-state index in [2.05, 4.69) is 15.3 Å². The first kappa shape index (κ1) is 13.7. The van der Waals surface area contributed by atoms with E-state index in [1.54, 1.807) is 0 Å². The zero-order valence-electron chi connectivity index (χ0n) is 12.3. The molecule has 1 aromatic heterocycles. The van der Waals surface area contributed by atoms with Crippen LogP contribution in [-0.2, 0) is 14.3 Å². The van der Waals surface area contributed by atoms with Crippen molar-refractivity contribution in [2.45, 2.75) is 37.9 Å². The average Bonchev–Trinajstić information content (AvgIpc) is 3.26. The molecule has 0 saturated carbocycles. The molecule has 116 valence electrons. The molecule has 3 heterocycles. The summed E-state index contributed by atoms with van der Waals surface area (Å²) >= 11 is 0. The van der Waals surface area contributed by atoms with Gasteiger partial charge in [0.15, 0.2) is 0 Å². The topological polar surface area (TPSA) is 76.2 Å². The fourth-order valence-electron chi connectivity index (χ4n) is 3.06. The van der Waals surface area contributed by atoms with Crippen LogP contribution in [0.1, 0.15) is 37.6 Å². The Morgan fingerprint density at radius 1 is 1.23 bits per heavy atom. The maximum atomic E-state index is 12.1. The molecule has 22 heavy (non-hydrogen) atoms. The molecule has 2 N–H and O–H groups in total. The van der Waals surface area contributed by atoms with Crippen molar-refractivity contribution in [3.63, 3.8) is 0 Å². The average molecular weight is 301 g/mol. The number of hydrogen-bond acceptors (Lipinski definition) is 4. The Kier molecular flexibility index (Phi) is 3.56. The number of nitrogens with zero attached hydrogens (tertiary/aromatic N) is 1. The minimum atomic E-state index is -0.320. The minimum Gasteiger partial charge on any atom is -0.370 e. The van der Waals surface area contributed by atoms with E-state index in [-0.39, 0.29) is 18.1 Å². The maximum absolute atomic E-state index is 12.1. The molecule has 2 aliphatic heterocycles. The number of rotatable bonds is 3. The van der Waals surface area contributed by atoms with Crippen LogP contribution in [0.3, 0.4) is 0 Å². The van der Waals surface area contributed by atoms with E-state index in [1.165, 1.54) is 0 Å². The van der Waals surface area contributed by atoms with Crippen molar-refractivity contribution in [2.24, 2.45) is 0 Å². The number of carbonyl (C=O) groups is 1. The molecule has 1 aromatic carbocycles. The Hall–Kier alpha value is -1.92. The number of benzene rings is 1. The Balaban J connectivity index is 1.53. The largest absolute Gasteiger partial charge is 0.370 e. The molecule has 2 saturated heterocycles. The lowest BCUT2D eigenvalue weighted by atomic mass is 10.2. The fourth-order valence-corrected chi connectivity index (χ4v) is 3.06. The monoisotopic (exact) mass is 301 g/mol. The van der Waals surface area contributed by atoms with Gasteiger partial charge in [-0.05, 0) is 43.9 Å². The molecule has 2 fully saturated rings. The zero-order chi connectivity index (χ0) is 14.9. The molecule has 6 heteroatoms. The van der Waals surface area contributed by atoms with Crippen molar-refractivity contribution in [2.75, 3.05) is 18.5 Å². The number of nitrogens with one attached hydrogen (secondary N) is 2. The predicted octanol–water partition coefficient (Wildman–Crippen LogP) is 2.53.